The van der Waals surface area contributed by atoms with Crippen molar-refractivity contribution in [1.29, 1.82) is 0 Å². The molecule has 0 bridgehead atoms. The van der Waals surface area contributed by atoms with Gasteiger partial charge in [0.25, 0.3) is 0 Å². The number of aromatic nitrogens is 6. The largest absolute Gasteiger partial charge is 0.456 e. The van der Waals surface area contributed by atoms with Crippen LogP contribution in [0.2, 0.25) is 0 Å². The van der Waals surface area contributed by atoms with Gasteiger partial charge in [-0.05, 0) is 54.6 Å². The third kappa shape index (κ3) is 5.38. The highest BCUT2D eigenvalue weighted by atomic mass is 32.1. The summed E-state index contributed by atoms with van der Waals surface area (Å²) in [6.07, 6.45) is 0. The van der Waals surface area contributed by atoms with Gasteiger partial charge in [0.15, 0.2) is 17.5 Å². The average Bonchev–Trinajstić information content (AvgIpc) is 3.98. The molecule has 0 aliphatic carbocycles. The first-order valence-corrected chi connectivity index (χ1v) is 18.8. The summed E-state index contributed by atoms with van der Waals surface area (Å²) in [5, 5.41) is 2.90. The lowest BCUT2D eigenvalue weighted by Crippen LogP contribution is -2.00. The van der Waals surface area contributed by atoms with Crippen molar-refractivity contribution in [3.05, 3.63) is 170 Å². The minimum Gasteiger partial charge on any atom is -0.456 e. The van der Waals surface area contributed by atoms with E-state index in [1.807, 2.05) is 97.1 Å². The van der Waals surface area contributed by atoms with Gasteiger partial charge in [0.1, 0.15) is 22.0 Å². The van der Waals surface area contributed by atoms with Crippen LogP contribution >= 0.6 is 11.3 Å². The van der Waals surface area contributed by atoms with E-state index in [1.165, 1.54) is 4.70 Å². The summed E-state index contributed by atoms with van der Waals surface area (Å²) in [5.41, 5.74) is 10.2. The van der Waals surface area contributed by atoms with E-state index in [1.54, 1.807) is 11.3 Å². The molecule has 7 aromatic carbocycles. The number of hydrogen-bond acceptors (Lipinski definition) is 7. The van der Waals surface area contributed by atoms with Crippen LogP contribution < -0.4 is 0 Å². The van der Waals surface area contributed by atoms with Crippen LogP contribution in [0.4, 0.5) is 0 Å². The molecule has 11 rings (SSSR count). The van der Waals surface area contributed by atoms with Crippen LogP contribution in [0.25, 0.3) is 105 Å². The molecule has 0 radical (unpaired) electrons. The van der Waals surface area contributed by atoms with Gasteiger partial charge in [-0.2, -0.15) is 0 Å². The molecule has 0 aliphatic rings. The summed E-state index contributed by atoms with van der Waals surface area (Å²) in [6, 6.07) is 57.5. The van der Waals surface area contributed by atoms with Crippen LogP contribution in [0.1, 0.15) is 0 Å². The molecule has 0 aliphatic heterocycles. The SMILES string of the molecule is c1ccc(-c2nc(-c3ccc(-c4nc5ccccc5s4)cc3)nc(-c3cccc4oc5cc(-c6nc7ccccc7n6-c6ccccc6)ccc5c34)n2)cc1. The zero-order chi connectivity index (χ0) is 36.3. The zero-order valence-electron chi connectivity index (χ0n) is 29.2. The molecule has 8 heteroatoms. The molecule has 7 nitrogen and oxygen atoms in total. The highest BCUT2D eigenvalue weighted by Crippen LogP contribution is 2.39. The molecule has 4 aromatic heterocycles. The molecule has 55 heavy (non-hydrogen) atoms. The first kappa shape index (κ1) is 31.3. The molecular formula is C47H28N6OS. The second-order valence-corrected chi connectivity index (χ2v) is 14.4. The number of hydrogen-bond donors (Lipinski definition) is 0. The summed E-state index contributed by atoms with van der Waals surface area (Å²) >= 11 is 1.69. The Morgan fingerprint density at radius 1 is 0.455 bits per heavy atom. The Morgan fingerprint density at radius 3 is 1.91 bits per heavy atom. The lowest BCUT2D eigenvalue weighted by Gasteiger charge is -2.10. The standard InChI is InChI=1S/C47H28N6OS/c1-3-12-29(13-4-1)43-50-44(30-22-24-31(25-23-30)47-49-37-18-8-10-21-41(37)55-47)52-45(51-43)35-16-11-20-39-42(35)34-27-26-32(28-40(34)54-39)46-48-36-17-7-9-19-38(36)53(46)33-14-5-2-6-15-33/h1-28H. The molecular weight excluding hydrogens is 697 g/mol. The number of thiazole rings is 1. The van der Waals surface area contributed by atoms with Gasteiger partial charge in [0, 0.05) is 44.3 Å². The lowest BCUT2D eigenvalue weighted by molar-refractivity contribution is 0.669. The van der Waals surface area contributed by atoms with Crippen LogP contribution in [-0.4, -0.2) is 29.5 Å². The summed E-state index contributed by atoms with van der Waals surface area (Å²) in [6.45, 7) is 0. The number of para-hydroxylation sites is 4. The maximum Gasteiger partial charge on any atom is 0.164 e. The molecule has 0 atom stereocenters. The van der Waals surface area contributed by atoms with Crippen LogP contribution in [0.3, 0.4) is 0 Å². The molecule has 0 N–H and O–H groups in total. The molecule has 0 saturated carbocycles. The van der Waals surface area contributed by atoms with Crippen LogP contribution in [0, 0.1) is 0 Å². The van der Waals surface area contributed by atoms with Crippen LogP contribution in [0.5, 0.6) is 0 Å². The van der Waals surface area contributed by atoms with Crippen LogP contribution in [0.15, 0.2) is 174 Å². The fourth-order valence-electron chi connectivity index (χ4n) is 7.31. The number of furan rings is 1. The van der Waals surface area contributed by atoms with Gasteiger partial charge in [-0.15, -0.1) is 11.3 Å². The molecule has 0 amide bonds. The Kier molecular flexibility index (Phi) is 7.21. The summed E-state index contributed by atoms with van der Waals surface area (Å²) < 4.78 is 9.96. The second-order valence-electron chi connectivity index (χ2n) is 13.3. The highest BCUT2D eigenvalue weighted by molar-refractivity contribution is 7.21. The van der Waals surface area contributed by atoms with Crippen molar-refractivity contribution >= 4 is 54.5 Å². The van der Waals surface area contributed by atoms with Crippen molar-refractivity contribution < 1.29 is 4.42 Å². The van der Waals surface area contributed by atoms with Crippen molar-refractivity contribution in [2.45, 2.75) is 0 Å². The Labute approximate surface area is 318 Å². The smallest absolute Gasteiger partial charge is 0.164 e. The van der Waals surface area contributed by atoms with Gasteiger partial charge >= 0.3 is 0 Å². The van der Waals surface area contributed by atoms with Crippen LogP contribution in [-0.2, 0) is 0 Å². The molecule has 4 heterocycles. The number of rotatable bonds is 6. The minimum atomic E-state index is 0.572. The van der Waals surface area contributed by atoms with Gasteiger partial charge in [-0.25, -0.2) is 24.9 Å². The Balaban J connectivity index is 1.04. The van der Waals surface area contributed by atoms with E-state index in [2.05, 4.69) is 77.4 Å². The quantitative estimate of drug-likeness (QED) is 0.170. The van der Waals surface area contributed by atoms with E-state index in [0.717, 1.165) is 82.8 Å². The van der Waals surface area contributed by atoms with Gasteiger partial charge in [-0.1, -0.05) is 115 Å². The minimum absolute atomic E-state index is 0.572. The van der Waals surface area contributed by atoms with E-state index >= 15 is 0 Å². The van der Waals surface area contributed by atoms with E-state index in [4.69, 9.17) is 29.3 Å². The lowest BCUT2D eigenvalue weighted by atomic mass is 10.0. The number of benzene rings is 7. The summed E-state index contributed by atoms with van der Waals surface area (Å²) in [4.78, 5) is 25.1. The second kappa shape index (κ2) is 12.7. The van der Waals surface area contributed by atoms with Crippen molar-refractivity contribution in [3.8, 4) is 61.8 Å². The van der Waals surface area contributed by atoms with E-state index in [0.29, 0.717) is 17.5 Å². The Bertz CT molecular complexity index is 3170. The molecule has 0 fully saturated rings. The monoisotopic (exact) mass is 724 g/mol. The van der Waals surface area contributed by atoms with Crippen molar-refractivity contribution in [1.82, 2.24) is 29.5 Å². The molecule has 0 spiro atoms. The van der Waals surface area contributed by atoms with Crippen molar-refractivity contribution in [2.24, 2.45) is 0 Å². The Hall–Kier alpha value is -7.29. The summed E-state index contributed by atoms with van der Waals surface area (Å²) in [5.74, 6) is 2.61. The fraction of sp³-hybridized carbons (Fsp3) is 0. The van der Waals surface area contributed by atoms with Crippen molar-refractivity contribution in [2.75, 3.05) is 0 Å². The third-order valence-corrected chi connectivity index (χ3v) is 11.0. The molecule has 11 aromatic rings. The normalized spacial score (nSPS) is 11.6. The molecule has 0 saturated heterocycles. The van der Waals surface area contributed by atoms with E-state index < -0.39 is 0 Å². The zero-order valence-corrected chi connectivity index (χ0v) is 30.0. The average molecular weight is 725 g/mol. The van der Waals surface area contributed by atoms with Gasteiger partial charge < -0.3 is 4.42 Å². The van der Waals surface area contributed by atoms with Crippen molar-refractivity contribution in [3.63, 3.8) is 0 Å². The number of imidazole rings is 1. The fourth-order valence-corrected chi connectivity index (χ4v) is 8.28. The molecule has 0 unspecified atom stereocenters. The van der Waals surface area contributed by atoms with Gasteiger partial charge in [-0.3, -0.25) is 4.57 Å². The topological polar surface area (TPSA) is 82.5 Å². The predicted molar refractivity (Wildman–Crippen MR) is 222 cm³/mol. The van der Waals surface area contributed by atoms with E-state index in [-0.39, 0.29) is 0 Å². The number of nitrogens with zero attached hydrogens (tertiary/aromatic N) is 6. The summed E-state index contributed by atoms with van der Waals surface area (Å²) in [7, 11) is 0. The third-order valence-electron chi connectivity index (χ3n) is 9.92. The maximum atomic E-state index is 6.59. The molecule has 258 valence electrons. The van der Waals surface area contributed by atoms with Gasteiger partial charge in [0.05, 0.1) is 21.3 Å². The Morgan fingerprint density at radius 2 is 1.11 bits per heavy atom. The first-order chi connectivity index (χ1) is 27.2. The highest BCUT2D eigenvalue weighted by Gasteiger charge is 2.20. The van der Waals surface area contributed by atoms with Gasteiger partial charge in [0.2, 0.25) is 0 Å². The van der Waals surface area contributed by atoms with E-state index in [9.17, 15) is 0 Å². The number of fused-ring (bicyclic) bond motifs is 5. The maximum absolute atomic E-state index is 6.59. The first-order valence-electron chi connectivity index (χ1n) is 18.0. The predicted octanol–water partition coefficient (Wildman–Crippen LogP) is 12.1.